The van der Waals surface area contributed by atoms with Gasteiger partial charge in [0.25, 0.3) is 0 Å². The first kappa shape index (κ1) is 26.6. The van der Waals surface area contributed by atoms with Crippen LogP contribution in [0.5, 0.6) is 0 Å². The fourth-order valence-electron chi connectivity index (χ4n) is 1.99. The molecule has 0 saturated heterocycles. The molecule has 0 aromatic heterocycles. The number of nitrogens with one attached hydrogen (secondary N) is 3. The summed E-state index contributed by atoms with van der Waals surface area (Å²) in [4.78, 5) is 58.0. The van der Waals surface area contributed by atoms with Crippen LogP contribution in [-0.4, -0.2) is 99.5 Å². The van der Waals surface area contributed by atoms with Crippen molar-refractivity contribution in [2.45, 2.75) is 37.0 Å². The van der Waals surface area contributed by atoms with Crippen LogP contribution in [0.25, 0.3) is 0 Å². The maximum atomic E-state index is 12.3. The third kappa shape index (κ3) is 10.1. The molecule has 9 N–H and O–H groups in total. The van der Waals surface area contributed by atoms with E-state index >= 15 is 0 Å². The smallest absolute Gasteiger partial charge is 0.328 e. The third-order valence-electron chi connectivity index (χ3n) is 3.59. The van der Waals surface area contributed by atoms with Crippen LogP contribution in [0, 0.1) is 0 Å². The van der Waals surface area contributed by atoms with Crippen molar-refractivity contribution in [3.8, 4) is 0 Å². The molecular formula is C15H26N4O9S. The predicted octanol–water partition coefficient (Wildman–Crippen LogP) is -3.93. The van der Waals surface area contributed by atoms with Gasteiger partial charge in [0.15, 0.2) is 0 Å². The second-order valence-electron chi connectivity index (χ2n) is 5.87. The van der Waals surface area contributed by atoms with Gasteiger partial charge < -0.3 is 42.1 Å². The van der Waals surface area contributed by atoms with Crippen LogP contribution in [0.2, 0.25) is 0 Å². The number of aliphatic hydroxyl groups excluding tert-OH is 2. The van der Waals surface area contributed by atoms with Crippen LogP contribution in [0.4, 0.5) is 0 Å². The van der Waals surface area contributed by atoms with Gasteiger partial charge in [0.05, 0.1) is 25.7 Å². The number of hydrogen-bond acceptors (Lipinski definition) is 9. The average Bonchev–Trinajstić information content (AvgIpc) is 2.65. The predicted molar refractivity (Wildman–Crippen MR) is 101 cm³/mol. The molecule has 0 rings (SSSR count). The van der Waals surface area contributed by atoms with Crippen molar-refractivity contribution in [1.29, 1.82) is 0 Å². The fraction of sp³-hybridized carbons (Fsp3) is 0.667. The SMILES string of the molecule is CSCCC(NC(=O)C(CO)NC(=O)C(N)CC(=O)O)C(=O)NC(CO)C(=O)O. The molecule has 0 spiro atoms. The molecule has 4 atom stereocenters. The van der Waals surface area contributed by atoms with E-state index in [2.05, 4.69) is 16.0 Å². The summed E-state index contributed by atoms with van der Waals surface area (Å²) < 4.78 is 0. The zero-order valence-corrected chi connectivity index (χ0v) is 16.5. The summed E-state index contributed by atoms with van der Waals surface area (Å²) in [6, 6.07) is -5.74. The molecule has 3 amide bonds. The van der Waals surface area contributed by atoms with Crippen molar-refractivity contribution in [3.05, 3.63) is 0 Å². The summed E-state index contributed by atoms with van der Waals surface area (Å²) in [7, 11) is 0. The Balaban J connectivity index is 5.11. The van der Waals surface area contributed by atoms with Crippen molar-refractivity contribution in [2.24, 2.45) is 5.73 Å². The van der Waals surface area contributed by atoms with E-state index in [0.717, 1.165) is 0 Å². The molecule has 0 aromatic rings. The first-order chi connectivity index (χ1) is 13.6. The summed E-state index contributed by atoms with van der Waals surface area (Å²) in [5.74, 6) is -5.21. The topological polar surface area (TPSA) is 228 Å². The molecule has 0 aliphatic carbocycles. The first-order valence-corrected chi connectivity index (χ1v) is 9.78. The van der Waals surface area contributed by atoms with Gasteiger partial charge >= 0.3 is 11.9 Å². The molecule has 166 valence electrons. The van der Waals surface area contributed by atoms with E-state index in [-0.39, 0.29) is 6.42 Å². The number of carboxylic acid groups (broad SMARTS) is 2. The molecule has 0 radical (unpaired) electrons. The highest BCUT2D eigenvalue weighted by atomic mass is 32.2. The van der Waals surface area contributed by atoms with Gasteiger partial charge in [-0.3, -0.25) is 19.2 Å². The second kappa shape index (κ2) is 13.7. The maximum Gasteiger partial charge on any atom is 0.328 e. The van der Waals surface area contributed by atoms with Crippen LogP contribution >= 0.6 is 11.8 Å². The van der Waals surface area contributed by atoms with E-state index in [1.54, 1.807) is 6.26 Å². The van der Waals surface area contributed by atoms with Crippen LogP contribution < -0.4 is 21.7 Å². The molecule has 4 unspecified atom stereocenters. The Morgan fingerprint density at radius 2 is 1.34 bits per heavy atom. The van der Waals surface area contributed by atoms with Crippen LogP contribution in [0.1, 0.15) is 12.8 Å². The zero-order chi connectivity index (χ0) is 22.6. The number of thioether (sulfide) groups is 1. The highest BCUT2D eigenvalue weighted by Gasteiger charge is 2.30. The molecule has 0 aliphatic heterocycles. The van der Waals surface area contributed by atoms with Gasteiger partial charge in [0.1, 0.15) is 18.1 Å². The molecule has 29 heavy (non-hydrogen) atoms. The third-order valence-corrected chi connectivity index (χ3v) is 4.23. The lowest BCUT2D eigenvalue weighted by molar-refractivity contribution is -0.143. The average molecular weight is 438 g/mol. The minimum Gasteiger partial charge on any atom is -0.481 e. The minimum atomic E-state index is -1.57. The summed E-state index contributed by atoms with van der Waals surface area (Å²) in [5.41, 5.74) is 5.38. The molecule has 0 bridgehead atoms. The number of carbonyl (C=O) groups is 5. The lowest BCUT2D eigenvalue weighted by Crippen LogP contribution is -2.58. The molecule has 0 heterocycles. The Morgan fingerprint density at radius 3 is 1.79 bits per heavy atom. The van der Waals surface area contributed by atoms with Crippen molar-refractivity contribution < 1.29 is 44.4 Å². The Morgan fingerprint density at radius 1 is 0.862 bits per heavy atom. The summed E-state index contributed by atoms with van der Waals surface area (Å²) in [6.07, 6.45) is 1.15. The normalized spacial score (nSPS) is 14.8. The molecule has 13 nitrogen and oxygen atoms in total. The first-order valence-electron chi connectivity index (χ1n) is 8.39. The van der Waals surface area contributed by atoms with Crippen LogP contribution in [-0.2, 0) is 24.0 Å². The van der Waals surface area contributed by atoms with Gasteiger partial charge in [-0.05, 0) is 18.4 Å². The quantitative estimate of drug-likeness (QED) is 0.130. The fourth-order valence-corrected chi connectivity index (χ4v) is 2.46. The minimum absolute atomic E-state index is 0.0983. The van der Waals surface area contributed by atoms with Gasteiger partial charge in [-0.1, -0.05) is 0 Å². The number of aliphatic carboxylic acids is 2. The number of nitrogens with two attached hydrogens (primary N) is 1. The van der Waals surface area contributed by atoms with Gasteiger partial charge in [-0.15, -0.1) is 0 Å². The van der Waals surface area contributed by atoms with Crippen molar-refractivity contribution in [3.63, 3.8) is 0 Å². The highest BCUT2D eigenvalue weighted by Crippen LogP contribution is 2.03. The van der Waals surface area contributed by atoms with Gasteiger partial charge in [-0.25, -0.2) is 4.79 Å². The number of rotatable bonds is 14. The van der Waals surface area contributed by atoms with Crippen molar-refractivity contribution in [1.82, 2.24) is 16.0 Å². The monoisotopic (exact) mass is 438 g/mol. The summed E-state index contributed by atoms with van der Waals surface area (Å²) >= 11 is 1.35. The summed E-state index contributed by atoms with van der Waals surface area (Å²) in [6.45, 7) is -1.72. The lowest BCUT2D eigenvalue weighted by atomic mass is 10.1. The lowest BCUT2D eigenvalue weighted by Gasteiger charge is -2.23. The van der Waals surface area contributed by atoms with E-state index in [4.69, 9.17) is 21.1 Å². The molecule has 14 heteroatoms. The molecule has 0 fully saturated rings. The number of hydrogen-bond donors (Lipinski definition) is 8. The second-order valence-corrected chi connectivity index (χ2v) is 6.86. The van der Waals surface area contributed by atoms with Gasteiger partial charge in [-0.2, -0.15) is 11.8 Å². The molecular weight excluding hydrogens is 412 g/mol. The van der Waals surface area contributed by atoms with Crippen LogP contribution in [0.15, 0.2) is 0 Å². The Labute approximate surface area is 170 Å². The van der Waals surface area contributed by atoms with E-state index in [1.807, 2.05) is 0 Å². The molecule has 0 aromatic carbocycles. The highest BCUT2D eigenvalue weighted by molar-refractivity contribution is 7.98. The Kier molecular flexibility index (Phi) is 12.6. The van der Waals surface area contributed by atoms with E-state index < -0.39 is 73.5 Å². The maximum absolute atomic E-state index is 12.3. The Bertz CT molecular complexity index is 604. The van der Waals surface area contributed by atoms with Gasteiger partial charge in [0.2, 0.25) is 17.7 Å². The summed E-state index contributed by atoms with van der Waals surface area (Å²) in [5, 5.41) is 42.3. The molecule has 0 aliphatic rings. The standard InChI is InChI=1S/C15H26N4O9S/c1-29-3-2-8(13(25)19-10(6-21)15(27)28)17-14(26)9(5-20)18-12(24)7(16)4-11(22)23/h7-10,20-21H,2-6,16H2,1H3,(H,17,26)(H,18,24)(H,19,25)(H,22,23)(H,27,28). The number of aliphatic hydroxyl groups is 2. The largest absolute Gasteiger partial charge is 0.481 e. The number of carboxylic acids is 2. The van der Waals surface area contributed by atoms with E-state index in [0.29, 0.717) is 5.75 Å². The number of amides is 3. The Hall–Kier alpha value is -2.42. The molecule has 0 saturated carbocycles. The van der Waals surface area contributed by atoms with Crippen molar-refractivity contribution >= 4 is 41.4 Å². The van der Waals surface area contributed by atoms with E-state index in [9.17, 15) is 29.1 Å². The zero-order valence-electron chi connectivity index (χ0n) is 15.7. The number of carbonyl (C=O) groups excluding carboxylic acids is 3. The van der Waals surface area contributed by atoms with Crippen molar-refractivity contribution in [2.75, 3.05) is 25.2 Å². The van der Waals surface area contributed by atoms with E-state index in [1.165, 1.54) is 11.8 Å². The van der Waals surface area contributed by atoms with Gasteiger partial charge in [0, 0.05) is 0 Å². The van der Waals surface area contributed by atoms with Crippen LogP contribution in [0.3, 0.4) is 0 Å².